The van der Waals surface area contributed by atoms with E-state index >= 15 is 0 Å². The van der Waals surface area contributed by atoms with Crippen LogP contribution in [0.1, 0.15) is 5.56 Å². The van der Waals surface area contributed by atoms with Crippen molar-refractivity contribution in [2.45, 2.75) is 6.92 Å². The van der Waals surface area contributed by atoms with Crippen LogP contribution in [0.2, 0.25) is 0 Å². The second-order valence-corrected chi connectivity index (χ2v) is 4.60. The van der Waals surface area contributed by atoms with Gasteiger partial charge in [0.2, 0.25) is 0 Å². The Labute approximate surface area is 101 Å². The number of aromatic nitrogens is 1. The number of aryl methyl sites for hydroxylation is 1. The van der Waals surface area contributed by atoms with Crippen LogP contribution < -0.4 is 10.2 Å². The van der Waals surface area contributed by atoms with Gasteiger partial charge in [-0.2, -0.15) is 0 Å². The average Bonchev–Trinajstić information content (AvgIpc) is 2.39. The van der Waals surface area contributed by atoms with Crippen molar-refractivity contribution >= 4 is 16.7 Å². The van der Waals surface area contributed by atoms with Gasteiger partial charge < -0.3 is 10.2 Å². The van der Waals surface area contributed by atoms with Crippen LogP contribution in [-0.4, -0.2) is 31.2 Å². The zero-order valence-corrected chi connectivity index (χ0v) is 10.1. The van der Waals surface area contributed by atoms with Gasteiger partial charge in [0.1, 0.15) is 5.82 Å². The van der Waals surface area contributed by atoms with Gasteiger partial charge in [-0.1, -0.05) is 12.1 Å². The van der Waals surface area contributed by atoms with Gasteiger partial charge in [0, 0.05) is 31.6 Å². The van der Waals surface area contributed by atoms with E-state index in [0.717, 1.165) is 37.5 Å². The molecule has 0 bridgehead atoms. The number of nitrogens with one attached hydrogen (secondary N) is 1. The van der Waals surface area contributed by atoms with E-state index in [1.54, 1.807) is 0 Å². The highest BCUT2D eigenvalue weighted by Crippen LogP contribution is 2.19. The lowest BCUT2D eigenvalue weighted by molar-refractivity contribution is 0.585. The summed E-state index contributed by atoms with van der Waals surface area (Å²) in [6, 6.07) is 10.7. The van der Waals surface area contributed by atoms with E-state index in [1.165, 1.54) is 10.9 Å². The lowest BCUT2D eigenvalue weighted by atomic mass is 10.1. The monoisotopic (exact) mass is 227 g/mol. The normalized spacial score (nSPS) is 16.4. The minimum atomic E-state index is 1.05. The van der Waals surface area contributed by atoms with Crippen molar-refractivity contribution in [1.82, 2.24) is 10.3 Å². The van der Waals surface area contributed by atoms with E-state index in [0.29, 0.717) is 0 Å². The first-order valence-corrected chi connectivity index (χ1v) is 6.16. The molecule has 1 aromatic heterocycles. The van der Waals surface area contributed by atoms with E-state index in [4.69, 9.17) is 4.98 Å². The molecule has 0 atom stereocenters. The Morgan fingerprint density at radius 3 is 2.71 bits per heavy atom. The van der Waals surface area contributed by atoms with E-state index in [2.05, 4.69) is 47.5 Å². The van der Waals surface area contributed by atoms with Crippen molar-refractivity contribution in [2.24, 2.45) is 0 Å². The summed E-state index contributed by atoms with van der Waals surface area (Å²) in [5.74, 6) is 1.10. The van der Waals surface area contributed by atoms with Gasteiger partial charge in [-0.3, -0.25) is 0 Å². The molecule has 0 radical (unpaired) electrons. The highest BCUT2D eigenvalue weighted by atomic mass is 15.2. The zero-order valence-electron chi connectivity index (χ0n) is 10.1. The second-order valence-electron chi connectivity index (χ2n) is 4.60. The maximum atomic E-state index is 4.76. The van der Waals surface area contributed by atoms with Crippen molar-refractivity contribution in [3.63, 3.8) is 0 Å². The lowest BCUT2D eigenvalue weighted by Gasteiger charge is -2.28. The minimum Gasteiger partial charge on any atom is -0.354 e. The average molecular weight is 227 g/mol. The van der Waals surface area contributed by atoms with Gasteiger partial charge in [-0.15, -0.1) is 0 Å². The largest absolute Gasteiger partial charge is 0.354 e. The number of anilines is 1. The minimum absolute atomic E-state index is 1.05. The molecule has 1 saturated heterocycles. The van der Waals surface area contributed by atoms with Gasteiger partial charge >= 0.3 is 0 Å². The van der Waals surface area contributed by atoms with Crippen LogP contribution in [0.5, 0.6) is 0 Å². The summed E-state index contributed by atoms with van der Waals surface area (Å²) in [5, 5.41) is 4.58. The molecule has 3 nitrogen and oxygen atoms in total. The Morgan fingerprint density at radius 2 is 1.88 bits per heavy atom. The molecular formula is C14H17N3. The molecule has 1 N–H and O–H groups in total. The first-order chi connectivity index (χ1) is 8.33. The summed E-state index contributed by atoms with van der Waals surface area (Å²) in [4.78, 5) is 7.10. The number of pyridine rings is 1. The van der Waals surface area contributed by atoms with Crippen LogP contribution in [0.25, 0.3) is 10.9 Å². The van der Waals surface area contributed by atoms with Crippen LogP contribution in [-0.2, 0) is 0 Å². The summed E-state index contributed by atoms with van der Waals surface area (Å²) in [7, 11) is 0. The smallest absolute Gasteiger partial charge is 0.129 e. The Morgan fingerprint density at radius 1 is 1.12 bits per heavy atom. The quantitative estimate of drug-likeness (QED) is 0.807. The van der Waals surface area contributed by atoms with Gasteiger partial charge in [-0.25, -0.2) is 4.98 Å². The number of piperazine rings is 1. The molecule has 1 fully saturated rings. The van der Waals surface area contributed by atoms with Gasteiger partial charge in [-0.05, 0) is 30.7 Å². The Bertz CT molecular complexity index is 530. The standard InChI is InChI=1S/C14H17N3/c1-11-2-3-12-4-5-14(16-13(12)10-11)17-8-6-15-7-9-17/h2-5,10,15H,6-9H2,1H3. The van der Waals surface area contributed by atoms with Crippen LogP contribution in [0.3, 0.4) is 0 Å². The summed E-state index contributed by atoms with van der Waals surface area (Å²) in [6.45, 7) is 6.30. The molecular weight excluding hydrogens is 210 g/mol. The van der Waals surface area contributed by atoms with Crippen molar-refractivity contribution in [3.8, 4) is 0 Å². The van der Waals surface area contributed by atoms with Crippen molar-refractivity contribution < 1.29 is 0 Å². The van der Waals surface area contributed by atoms with Crippen LogP contribution in [0.4, 0.5) is 5.82 Å². The maximum Gasteiger partial charge on any atom is 0.129 e. The number of benzene rings is 1. The van der Waals surface area contributed by atoms with E-state index in [-0.39, 0.29) is 0 Å². The lowest BCUT2D eigenvalue weighted by Crippen LogP contribution is -2.43. The molecule has 0 saturated carbocycles. The molecule has 1 aromatic carbocycles. The zero-order chi connectivity index (χ0) is 11.7. The van der Waals surface area contributed by atoms with E-state index < -0.39 is 0 Å². The van der Waals surface area contributed by atoms with Crippen molar-refractivity contribution in [3.05, 3.63) is 35.9 Å². The summed E-state index contributed by atoms with van der Waals surface area (Å²) in [6.07, 6.45) is 0. The fourth-order valence-corrected chi connectivity index (χ4v) is 2.29. The number of hydrogen-bond donors (Lipinski definition) is 1. The van der Waals surface area contributed by atoms with E-state index in [9.17, 15) is 0 Å². The maximum absolute atomic E-state index is 4.76. The van der Waals surface area contributed by atoms with Crippen molar-refractivity contribution in [2.75, 3.05) is 31.1 Å². The second kappa shape index (κ2) is 4.34. The summed E-state index contributed by atoms with van der Waals surface area (Å²) >= 11 is 0. The third-order valence-corrected chi connectivity index (χ3v) is 3.27. The molecule has 1 aliphatic rings. The molecule has 3 rings (SSSR count). The number of hydrogen-bond acceptors (Lipinski definition) is 3. The molecule has 88 valence electrons. The first kappa shape index (κ1) is 10.5. The summed E-state index contributed by atoms with van der Waals surface area (Å²) in [5.41, 5.74) is 2.36. The molecule has 0 unspecified atom stereocenters. The first-order valence-electron chi connectivity index (χ1n) is 6.16. The predicted molar refractivity (Wildman–Crippen MR) is 71.6 cm³/mol. The molecule has 2 heterocycles. The fraction of sp³-hybridized carbons (Fsp3) is 0.357. The summed E-state index contributed by atoms with van der Waals surface area (Å²) < 4.78 is 0. The number of fused-ring (bicyclic) bond motifs is 1. The Kier molecular flexibility index (Phi) is 2.69. The van der Waals surface area contributed by atoms with E-state index in [1.807, 2.05) is 0 Å². The number of rotatable bonds is 1. The highest BCUT2D eigenvalue weighted by Gasteiger charge is 2.11. The fourth-order valence-electron chi connectivity index (χ4n) is 2.29. The van der Waals surface area contributed by atoms with Gasteiger partial charge in [0.15, 0.2) is 0 Å². The van der Waals surface area contributed by atoms with Crippen LogP contribution in [0.15, 0.2) is 30.3 Å². The van der Waals surface area contributed by atoms with Gasteiger partial charge in [0.25, 0.3) is 0 Å². The molecule has 3 heteroatoms. The molecule has 1 aliphatic heterocycles. The highest BCUT2D eigenvalue weighted by molar-refractivity contribution is 5.81. The molecule has 2 aromatic rings. The molecule has 17 heavy (non-hydrogen) atoms. The SMILES string of the molecule is Cc1ccc2ccc(N3CCNCC3)nc2c1. The van der Waals surface area contributed by atoms with Crippen LogP contribution in [0, 0.1) is 6.92 Å². The molecule has 0 spiro atoms. The Hall–Kier alpha value is -1.61. The van der Waals surface area contributed by atoms with Crippen molar-refractivity contribution in [1.29, 1.82) is 0 Å². The molecule has 0 amide bonds. The predicted octanol–water partition coefficient (Wildman–Crippen LogP) is 1.95. The Balaban J connectivity index is 1.99. The van der Waals surface area contributed by atoms with Gasteiger partial charge in [0.05, 0.1) is 5.52 Å². The third kappa shape index (κ3) is 2.11. The third-order valence-electron chi connectivity index (χ3n) is 3.27. The number of nitrogens with zero attached hydrogens (tertiary/aromatic N) is 2. The molecule has 0 aliphatic carbocycles. The topological polar surface area (TPSA) is 28.2 Å². The van der Waals surface area contributed by atoms with Crippen LogP contribution >= 0.6 is 0 Å².